The van der Waals surface area contributed by atoms with Crippen LogP contribution in [0.3, 0.4) is 0 Å². The Morgan fingerprint density at radius 2 is 2.18 bits per heavy atom. The predicted molar refractivity (Wildman–Crippen MR) is 82.5 cm³/mol. The molecule has 3 rings (SSSR count). The van der Waals surface area contributed by atoms with Crippen LogP contribution >= 0.6 is 11.6 Å². The highest BCUT2D eigenvalue weighted by Crippen LogP contribution is 2.32. The van der Waals surface area contributed by atoms with Gasteiger partial charge in [-0.15, -0.1) is 0 Å². The Labute approximate surface area is 133 Å². The average Bonchev–Trinajstić information content (AvgIpc) is 2.46. The molecule has 0 aliphatic heterocycles. The summed E-state index contributed by atoms with van der Waals surface area (Å²) in [5, 5.41) is 1.97. The molecule has 112 valence electrons. The number of halogens is 1. The molecular weight excluding hydrogens is 302 g/mol. The van der Waals surface area contributed by atoms with E-state index in [4.69, 9.17) is 16.3 Å². The number of fused-ring (bicyclic) bond motifs is 1. The lowest BCUT2D eigenvalue weighted by atomic mass is 9.94. The van der Waals surface area contributed by atoms with Crippen molar-refractivity contribution in [1.29, 1.82) is 0 Å². The van der Waals surface area contributed by atoms with Crippen LogP contribution in [0.2, 0.25) is 5.15 Å². The lowest BCUT2D eigenvalue weighted by Gasteiger charge is -2.17. The van der Waals surface area contributed by atoms with Crippen LogP contribution in [0, 0.1) is 0 Å². The largest absolute Gasteiger partial charge is 0.437 e. The van der Waals surface area contributed by atoms with Crippen molar-refractivity contribution >= 4 is 23.6 Å². The van der Waals surface area contributed by atoms with Gasteiger partial charge in [-0.3, -0.25) is 10.3 Å². The van der Waals surface area contributed by atoms with E-state index in [1.807, 2.05) is 24.3 Å². The summed E-state index contributed by atoms with van der Waals surface area (Å²) in [5.74, 6) is 1.18. The highest BCUT2D eigenvalue weighted by Gasteiger charge is 2.18. The number of carbonyl (C=O) groups is 1. The SMILES string of the molecule is CC(=O)[NH2+]C1=Cc2cccc(Oc3cncc(Cl)n3)c2CC1. The maximum absolute atomic E-state index is 11.2. The number of ether oxygens (including phenoxy) is 1. The molecular formula is C16H15ClN3O2+. The number of allylic oxidation sites excluding steroid dienone is 1. The van der Waals surface area contributed by atoms with Crippen molar-refractivity contribution in [2.75, 3.05) is 0 Å². The van der Waals surface area contributed by atoms with Crippen LogP contribution in [0.25, 0.3) is 6.08 Å². The molecule has 22 heavy (non-hydrogen) atoms. The zero-order chi connectivity index (χ0) is 15.5. The van der Waals surface area contributed by atoms with Crippen LogP contribution in [-0.2, 0) is 11.2 Å². The smallest absolute Gasteiger partial charge is 0.312 e. The van der Waals surface area contributed by atoms with Gasteiger partial charge in [-0.1, -0.05) is 23.7 Å². The van der Waals surface area contributed by atoms with E-state index in [2.05, 4.69) is 9.97 Å². The summed E-state index contributed by atoms with van der Waals surface area (Å²) in [6.45, 7) is 1.56. The lowest BCUT2D eigenvalue weighted by Crippen LogP contribution is -2.85. The number of nitrogens with zero attached hydrogens (tertiary/aromatic N) is 2. The van der Waals surface area contributed by atoms with Gasteiger partial charge >= 0.3 is 5.91 Å². The van der Waals surface area contributed by atoms with Gasteiger partial charge in [0.1, 0.15) is 11.4 Å². The Morgan fingerprint density at radius 1 is 1.32 bits per heavy atom. The van der Waals surface area contributed by atoms with E-state index in [1.165, 1.54) is 12.4 Å². The standard InChI is InChI=1S/C16H14ClN3O2/c1-10(21)19-12-5-6-13-11(7-12)3-2-4-14(13)22-16-9-18-8-15(17)20-16/h2-4,7-9H,5-6H2,1H3,(H,19,21)/p+1. The summed E-state index contributed by atoms with van der Waals surface area (Å²) in [6.07, 6.45) is 6.64. The second-order valence-electron chi connectivity index (χ2n) is 5.08. The molecule has 2 N–H and O–H groups in total. The van der Waals surface area contributed by atoms with Crippen molar-refractivity contribution in [1.82, 2.24) is 9.97 Å². The molecule has 1 aliphatic carbocycles. The topological polar surface area (TPSA) is 68.7 Å². The molecule has 0 atom stereocenters. The predicted octanol–water partition coefficient (Wildman–Crippen LogP) is 2.32. The minimum absolute atomic E-state index is 0.0660. The quantitative estimate of drug-likeness (QED) is 0.943. The first kappa shape index (κ1) is 14.7. The number of nitrogens with two attached hydrogens (primary N) is 1. The lowest BCUT2D eigenvalue weighted by molar-refractivity contribution is -0.518. The summed E-state index contributed by atoms with van der Waals surface area (Å²) in [5.41, 5.74) is 3.20. The number of benzene rings is 1. The third kappa shape index (κ3) is 3.32. The monoisotopic (exact) mass is 316 g/mol. The maximum Gasteiger partial charge on any atom is 0.312 e. The van der Waals surface area contributed by atoms with E-state index in [-0.39, 0.29) is 5.91 Å². The number of primary amides is 1. The minimum Gasteiger partial charge on any atom is -0.437 e. The number of amides is 1. The van der Waals surface area contributed by atoms with Gasteiger partial charge in [0.05, 0.1) is 19.3 Å². The molecule has 1 aromatic carbocycles. The van der Waals surface area contributed by atoms with Crippen molar-refractivity contribution in [3.63, 3.8) is 0 Å². The molecule has 1 aliphatic rings. The van der Waals surface area contributed by atoms with Crippen LogP contribution < -0.4 is 10.1 Å². The fraction of sp³-hybridized carbons (Fsp3) is 0.188. The maximum atomic E-state index is 11.2. The molecule has 6 heteroatoms. The Kier molecular flexibility index (Phi) is 4.18. The minimum atomic E-state index is 0.0660. The van der Waals surface area contributed by atoms with E-state index in [0.29, 0.717) is 11.0 Å². The van der Waals surface area contributed by atoms with Gasteiger partial charge in [-0.25, -0.2) is 4.79 Å². The fourth-order valence-electron chi connectivity index (χ4n) is 2.48. The normalized spacial score (nSPS) is 13.3. The van der Waals surface area contributed by atoms with Gasteiger partial charge in [0.15, 0.2) is 5.15 Å². The Hall–Kier alpha value is -2.24. The first-order valence-electron chi connectivity index (χ1n) is 6.95. The number of hydrogen-bond donors (Lipinski definition) is 1. The summed E-state index contributed by atoms with van der Waals surface area (Å²) in [7, 11) is 0. The zero-order valence-corrected chi connectivity index (χ0v) is 12.8. The summed E-state index contributed by atoms with van der Waals surface area (Å²) in [4.78, 5) is 19.3. The van der Waals surface area contributed by atoms with Crippen LogP contribution in [0.4, 0.5) is 0 Å². The number of carbonyl (C=O) groups excluding carboxylic acids is 1. The van der Waals surface area contributed by atoms with Gasteiger partial charge in [0, 0.05) is 18.1 Å². The third-order valence-electron chi connectivity index (χ3n) is 3.36. The van der Waals surface area contributed by atoms with Crippen LogP contribution in [0.5, 0.6) is 11.6 Å². The molecule has 0 radical (unpaired) electrons. The summed E-state index contributed by atoms with van der Waals surface area (Å²) >= 11 is 5.82. The van der Waals surface area contributed by atoms with E-state index < -0.39 is 0 Å². The molecule has 0 saturated heterocycles. The van der Waals surface area contributed by atoms with Crippen LogP contribution in [0.1, 0.15) is 24.5 Å². The van der Waals surface area contributed by atoms with E-state index >= 15 is 0 Å². The van der Waals surface area contributed by atoms with E-state index in [9.17, 15) is 4.79 Å². The highest BCUT2D eigenvalue weighted by atomic mass is 35.5. The van der Waals surface area contributed by atoms with Gasteiger partial charge in [-0.2, -0.15) is 4.98 Å². The average molecular weight is 317 g/mol. The Bertz CT molecular complexity index is 759. The van der Waals surface area contributed by atoms with E-state index in [0.717, 1.165) is 35.4 Å². The second-order valence-corrected chi connectivity index (χ2v) is 5.47. The number of quaternary nitrogens is 1. The van der Waals surface area contributed by atoms with Crippen LogP contribution in [-0.4, -0.2) is 15.9 Å². The van der Waals surface area contributed by atoms with Gasteiger partial charge in [0.2, 0.25) is 5.88 Å². The Balaban J connectivity index is 1.89. The van der Waals surface area contributed by atoms with E-state index in [1.54, 1.807) is 12.2 Å². The van der Waals surface area contributed by atoms with Crippen molar-refractivity contribution in [3.05, 3.63) is 52.6 Å². The number of aromatic nitrogens is 2. The molecule has 0 fully saturated rings. The molecule has 0 unspecified atom stereocenters. The van der Waals surface area contributed by atoms with Gasteiger partial charge in [0.25, 0.3) is 0 Å². The van der Waals surface area contributed by atoms with Crippen LogP contribution in [0.15, 0.2) is 36.3 Å². The van der Waals surface area contributed by atoms with Crippen molar-refractivity contribution in [3.8, 4) is 11.6 Å². The molecule has 0 spiro atoms. The summed E-state index contributed by atoms with van der Waals surface area (Å²) in [6, 6.07) is 5.83. The fourth-order valence-corrected chi connectivity index (χ4v) is 2.62. The molecule has 5 nitrogen and oxygen atoms in total. The highest BCUT2D eigenvalue weighted by molar-refractivity contribution is 6.29. The molecule has 1 heterocycles. The molecule has 0 saturated carbocycles. The molecule has 0 bridgehead atoms. The zero-order valence-electron chi connectivity index (χ0n) is 12.0. The van der Waals surface area contributed by atoms with Gasteiger partial charge < -0.3 is 4.74 Å². The van der Waals surface area contributed by atoms with Crippen molar-refractivity contribution in [2.24, 2.45) is 0 Å². The number of rotatable bonds is 3. The van der Waals surface area contributed by atoms with Crippen molar-refractivity contribution in [2.45, 2.75) is 19.8 Å². The third-order valence-corrected chi connectivity index (χ3v) is 3.54. The second kappa shape index (κ2) is 6.25. The Morgan fingerprint density at radius 3 is 2.95 bits per heavy atom. The first-order valence-corrected chi connectivity index (χ1v) is 7.33. The van der Waals surface area contributed by atoms with Crippen molar-refractivity contribution < 1.29 is 14.8 Å². The number of hydrogen-bond acceptors (Lipinski definition) is 4. The summed E-state index contributed by atoms with van der Waals surface area (Å²) < 4.78 is 5.81. The molecule has 2 aromatic rings. The molecule has 1 aromatic heterocycles. The van der Waals surface area contributed by atoms with Gasteiger partial charge in [-0.05, 0) is 18.1 Å². The first-order chi connectivity index (χ1) is 10.6. The molecule has 1 amide bonds.